The predicted octanol–water partition coefficient (Wildman–Crippen LogP) is 15.2. The first-order valence-corrected chi connectivity index (χ1v) is 23.1. The Morgan fingerprint density at radius 1 is 0.651 bits per heavy atom. The number of ether oxygens (including phenoxy) is 1. The zero-order valence-corrected chi connectivity index (χ0v) is 39.7. The number of anilines is 1. The second-order valence-corrected chi connectivity index (χ2v) is 22.6. The third-order valence-corrected chi connectivity index (χ3v) is 14.3. The molecular weight excluding hydrogens is 767 g/mol. The minimum absolute atomic E-state index is 0.00289. The quantitative estimate of drug-likeness (QED) is 0.0986. The molecule has 0 amide bonds. The maximum atomic E-state index is 9.46. The molecule has 0 saturated heterocycles. The zero-order valence-electron chi connectivity index (χ0n) is 39.7. The topological polar surface area (TPSA) is 60.0 Å². The fourth-order valence-corrected chi connectivity index (χ4v) is 10.7. The van der Waals surface area contributed by atoms with Gasteiger partial charge in [0.1, 0.15) is 29.2 Å². The van der Waals surface area contributed by atoms with Crippen LogP contribution in [-0.4, -0.2) is 12.6 Å². The van der Waals surface area contributed by atoms with E-state index in [-0.39, 0.29) is 27.2 Å². The van der Waals surface area contributed by atoms with Crippen molar-refractivity contribution in [3.8, 4) is 12.1 Å². The van der Waals surface area contributed by atoms with Crippen molar-refractivity contribution in [2.24, 2.45) is 0 Å². The lowest BCUT2D eigenvalue weighted by Gasteiger charge is -2.46. The van der Waals surface area contributed by atoms with Gasteiger partial charge in [-0.1, -0.05) is 107 Å². The number of nitrogens with zero attached hydrogens (tertiary/aromatic N) is 3. The Bertz CT molecular complexity index is 3060. The molecule has 320 valence electrons. The van der Waals surface area contributed by atoms with E-state index >= 15 is 0 Å². The number of aryl methyl sites for hydroxylation is 2. The summed E-state index contributed by atoms with van der Waals surface area (Å²) in [5.74, 6) is 1.29. The molecule has 0 bridgehead atoms. The first-order valence-electron chi connectivity index (χ1n) is 23.1. The first kappa shape index (κ1) is 42.5. The van der Waals surface area contributed by atoms with Crippen molar-refractivity contribution in [1.82, 2.24) is 0 Å². The first-order chi connectivity index (χ1) is 29.6. The van der Waals surface area contributed by atoms with E-state index in [0.29, 0.717) is 23.1 Å². The number of hydrogen-bond acceptors (Lipinski definition) is 4. The largest absolute Gasteiger partial charge is 0.462 e. The van der Waals surface area contributed by atoms with Crippen molar-refractivity contribution >= 4 is 54.9 Å². The highest BCUT2D eigenvalue weighted by Crippen LogP contribution is 2.48. The smallest absolute Gasteiger partial charge is 0.137 e. The van der Waals surface area contributed by atoms with Crippen LogP contribution in [0.15, 0.2) is 102 Å². The van der Waals surface area contributed by atoms with Crippen LogP contribution in [0.5, 0.6) is 0 Å². The molecule has 0 radical (unpaired) electrons. The second kappa shape index (κ2) is 14.9. The SMILES string of the molecule is CC1=CC(=C(C#N)C#N)C=C(/C=C/c2cc3c4c(c2)CCC(CC(C)(C)c2cc5cc(C(C)(C)C)cc6c7cc(C(C)(C)C)cc8cc(C(C)(C)C)cc(c(c2)c56)c87)N4CCC3)O1. The number of rotatable bonds is 5. The molecule has 4 heteroatoms. The van der Waals surface area contributed by atoms with Crippen LogP contribution in [0.25, 0.3) is 49.2 Å². The highest BCUT2D eigenvalue weighted by atomic mass is 16.5. The Labute approximate surface area is 375 Å². The van der Waals surface area contributed by atoms with Gasteiger partial charge in [0.05, 0.1) is 0 Å². The summed E-state index contributed by atoms with van der Waals surface area (Å²) in [6, 6.07) is 29.3. The average molecular weight is 830 g/mol. The number of hydrogen-bond donors (Lipinski definition) is 0. The van der Waals surface area contributed by atoms with Gasteiger partial charge >= 0.3 is 0 Å². The summed E-state index contributed by atoms with van der Waals surface area (Å²) < 4.78 is 5.98. The summed E-state index contributed by atoms with van der Waals surface area (Å²) in [6.45, 7) is 29.1. The monoisotopic (exact) mass is 829 g/mol. The molecule has 0 spiro atoms. The Morgan fingerprint density at radius 2 is 1.14 bits per heavy atom. The lowest BCUT2D eigenvalue weighted by Crippen LogP contribution is -2.45. The van der Waals surface area contributed by atoms with E-state index in [2.05, 4.69) is 148 Å². The van der Waals surface area contributed by atoms with Crippen LogP contribution in [0.4, 0.5) is 5.69 Å². The summed E-state index contributed by atoms with van der Waals surface area (Å²) >= 11 is 0. The molecule has 0 fully saturated rings. The highest BCUT2D eigenvalue weighted by molar-refractivity contribution is 6.33. The highest BCUT2D eigenvalue weighted by Gasteiger charge is 2.36. The molecule has 0 aliphatic carbocycles. The molecule has 0 N–H and O–H groups in total. The van der Waals surface area contributed by atoms with Gasteiger partial charge in [0.25, 0.3) is 0 Å². The molecule has 9 rings (SSSR count). The standard InChI is InChI=1S/C59H63N3O/c1-35-20-39(42(33-60)34-61)27-48(63-35)18-15-36-21-37-14-13-19-62-47(17-16-38(22-36)55(37)62)32-59(11,12)46-26-41-25-45(58(8,9)10)29-50-49-28-43(56(2,3)4)23-40-24-44(57(5,6)7)30-51(53(40)49)52(31-46)54(41)50/h15,18,20-31,47H,13-14,16-17,19,32H2,1-12H3/b18-15+. The average Bonchev–Trinajstić information content (AvgIpc) is 3.21. The Hall–Kier alpha value is -5.84. The molecule has 3 aliphatic heterocycles. The van der Waals surface area contributed by atoms with E-state index in [1.54, 1.807) is 12.2 Å². The van der Waals surface area contributed by atoms with Crippen molar-refractivity contribution < 1.29 is 4.74 Å². The van der Waals surface area contributed by atoms with Crippen molar-refractivity contribution in [1.29, 1.82) is 10.5 Å². The minimum atomic E-state index is -0.0767. The van der Waals surface area contributed by atoms with E-state index in [1.807, 2.05) is 25.1 Å². The van der Waals surface area contributed by atoms with E-state index in [1.165, 1.54) is 82.2 Å². The number of nitriles is 2. The maximum absolute atomic E-state index is 9.46. The lowest BCUT2D eigenvalue weighted by atomic mass is 9.73. The molecule has 1 atom stereocenters. The number of benzene rings is 6. The Morgan fingerprint density at radius 3 is 1.65 bits per heavy atom. The zero-order chi connectivity index (χ0) is 45.0. The van der Waals surface area contributed by atoms with Crippen LogP contribution >= 0.6 is 0 Å². The lowest BCUT2D eigenvalue weighted by molar-refractivity contribution is 0.318. The Kier molecular flexibility index (Phi) is 10.0. The fraction of sp³-hybridized carbons (Fsp3) is 0.390. The number of allylic oxidation sites excluding steroid dienone is 6. The normalized spacial score (nSPS) is 17.3. The second-order valence-electron chi connectivity index (χ2n) is 22.6. The van der Waals surface area contributed by atoms with E-state index in [0.717, 1.165) is 44.2 Å². The van der Waals surface area contributed by atoms with E-state index in [4.69, 9.17) is 4.74 Å². The van der Waals surface area contributed by atoms with Crippen molar-refractivity contribution in [3.63, 3.8) is 0 Å². The van der Waals surface area contributed by atoms with Crippen LogP contribution in [0.1, 0.15) is 141 Å². The molecule has 6 aromatic rings. The molecule has 0 saturated carbocycles. The molecule has 3 aliphatic rings. The van der Waals surface area contributed by atoms with Crippen LogP contribution in [-0.2, 0) is 39.2 Å². The van der Waals surface area contributed by atoms with Crippen LogP contribution < -0.4 is 4.90 Å². The third kappa shape index (κ3) is 7.61. The summed E-state index contributed by atoms with van der Waals surface area (Å²) in [5.41, 5.74) is 11.7. The molecular formula is C59H63N3O. The van der Waals surface area contributed by atoms with Gasteiger partial charge in [0.2, 0.25) is 0 Å². The van der Waals surface area contributed by atoms with E-state index < -0.39 is 0 Å². The predicted molar refractivity (Wildman–Crippen MR) is 266 cm³/mol. The van der Waals surface area contributed by atoms with Crippen molar-refractivity contribution in [2.45, 2.75) is 143 Å². The summed E-state index contributed by atoms with van der Waals surface area (Å²) in [4.78, 5) is 2.76. The van der Waals surface area contributed by atoms with Gasteiger partial charge in [0, 0.05) is 23.8 Å². The van der Waals surface area contributed by atoms with Gasteiger partial charge in [-0.3, -0.25) is 0 Å². The summed E-state index contributed by atoms with van der Waals surface area (Å²) in [5, 5.41) is 30.0. The van der Waals surface area contributed by atoms with Crippen LogP contribution in [0, 0.1) is 22.7 Å². The molecule has 3 heterocycles. The van der Waals surface area contributed by atoms with Gasteiger partial charge < -0.3 is 9.64 Å². The van der Waals surface area contributed by atoms with Crippen LogP contribution in [0.3, 0.4) is 0 Å². The molecule has 6 aromatic carbocycles. The number of fused-ring (bicyclic) bond motifs is 2. The fourth-order valence-electron chi connectivity index (χ4n) is 10.7. The molecule has 0 aromatic heterocycles. The van der Waals surface area contributed by atoms with Gasteiger partial charge in [-0.25, -0.2) is 0 Å². The van der Waals surface area contributed by atoms with Gasteiger partial charge in [-0.05, 0) is 197 Å². The summed E-state index contributed by atoms with van der Waals surface area (Å²) in [6.07, 6.45) is 13.1. The van der Waals surface area contributed by atoms with Crippen molar-refractivity contribution in [2.75, 3.05) is 11.4 Å². The van der Waals surface area contributed by atoms with Gasteiger partial charge in [-0.15, -0.1) is 0 Å². The Balaban J connectivity index is 1.12. The van der Waals surface area contributed by atoms with Gasteiger partial charge in [0.15, 0.2) is 0 Å². The van der Waals surface area contributed by atoms with Gasteiger partial charge in [-0.2, -0.15) is 10.5 Å². The molecule has 63 heavy (non-hydrogen) atoms. The summed E-state index contributed by atoms with van der Waals surface area (Å²) in [7, 11) is 0. The minimum Gasteiger partial charge on any atom is -0.462 e. The van der Waals surface area contributed by atoms with E-state index in [9.17, 15) is 10.5 Å². The maximum Gasteiger partial charge on any atom is 0.137 e. The third-order valence-electron chi connectivity index (χ3n) is 14.3. The van der Waals surface area contributed by atoms with Crippen LogP contribution in [0.2, 0.25) is 0 Å². The van der Waals surface area contributed by atoms with Crippen molar-refractivity contribution in [3.05, 3.63) is 141 Å². The molecule has 4 nitrogen and oxygen atoms in total. The molecule has 1 unspecified atom stereocenters.